The molecule has 1 aliphatic carbocycles. The molecular weight excluding hydrogens is 354 g/mol. The fourth-order valence-electron chi connectivity index (χ4n) is 3.49. The van der Waals surface area contributed by atoms with E-state index >= 15 is 0 Å². The molecule has 0 amide bonds. The molecule has 0 atom stereocenters. The number of fused-ring (bicyclic) bond motifs is 3. The van der Waals surface area contributed by atoms with Gasteiger partial charge >= 0.3 is 0 Å². The first kappa shape index (κ1) is 17.4. The number of hydrogen-bond acceptors (Lipinski definition) is 4. The zero-order valence-electron chi connectivity index (χ0n) is 15.4. The molecule has 0 bridgehead atoms. The van der Waals surface area contributed by atoms with Gasteiger partial charge in [-0.3, -0.25) is 0 Å². The maximum Gasteiger partial charge on any atom is 0.230 e. The van der Waals surface area contributed by atoms with Crippen LogP contribution in [0.5, 0.6) is 0 Å². The summed E-state index contributed by atoms with van der Waals surface area (Å²) in [6.07, 6.45) is 1.89. The summed E-state index contributed by atoms with van der Waals surface area (Å²) in [5, 5.41) is 3.06. The van der Waals surface area contributed by atoms with E-state index in [4.69, 9.17) is 27.9 Å². The molecule has 0 saturated heterocycles. The quantitative estimate of drug-likeness (QED) is 0.682. The largest absolute Gasteiger partial charge is 0.378 e. The zero-order valence-corrected chi connectivity index (χ0v) is 16.2. The Morgan fingerprint density at radius 2 is 1.70 bits per heavy atom. The topological polar surface area (TPSA) is 67.1 Å². The van der Waals surface area contributed by atoms with Crippen LogP contribution in [0.25, 0.3) is 22.5 Å². The van der Waals surface area contributed by atoms with Crippen molar-refractivity contribution in [2.24, 2.45) is 5.73 Å². The van der Waals surface area contributed by atoms with Crippen molar-refractivity contribution in [2.45, 2.75) is 12.8 Å². The SMILES string of the molecule is CN(C)c1ccc(-c2nc(NC(N)=S)nc3c2CCc2ccccc2-3)cc1. The number of rotatable bonds is 3. The van der Waals surface area contributed by atoms with Crippen LogP contribution in [-0.2, 0) is 12.8 Å². The number of aromatic nitrogens is 2. The summed E-state index contributed by atoms with van der Waals surface area (Å²) in [7, 11) is 4.06. The second kappa shape index (κ2) is 6.96. The number of thiocarbonyl (C=S) groups is 1. The van der Waals surface area contributed by atoms with Crippen molar-refractivity contribution in [2.75, 3.05) is 24.3 Å². The predicted octanol–water partition coefficient (Wildman–Crippen LogP) is 3.63. The number of nitrogens with one attached hydrogen (secondary N) is 1. The van der Waals surface area contributed by atoms with Gasteiger partial charge in [-0.05, 0) is 42.8 Å². The monoisotopic (exact) mass is 375 g/mol. The van der Waals surface area contributed by atoms with Crippen LogP contribution in [0.3, 0.4) is 0 Å². The summed E-state index contributed by atoms with van der Waals surface area (Å²) in [6.45, 7) is 0. The molecule has 0 fully saturated rings. The maximum absolute atomic E-state index is 5.67. The first-order valence-corrected chi connectivity index (χ1v) is 9.27. The Labute approximate surface area is 164 Å². The Hall–Kier alpha value is -2.99. The summed E-state index contributed by atoms with van der Waals surface area (Å²) in [6, 6.07) is 16.8. The van der Waals surface area contributed by atoms with Gasteiger partial charge in [-0.25, -0.2) is 9.97 Å². The standard InChI is InChI=1S/C21H21N5S/c1-26(2)15-10-7-14(8-11-15)18-17-12-9-13-5-3-4-6-16(13)19(17)24-21(23-18)25-20(22)27/h3-8,10-11H,9,12H2,1-2H3,(H3,22,23,24,25,27). The molecule has 0 unspecified atom stereocenters. The van der Waals surface area contributed by atoms with Gasteiger partial charge in [0.15, 0.2) is 5.11 Å². The van der Waals surface area contributed by atoms with Crippen LogP contribution in [0.1, 0.15) is 11.1 Å². The number of benzene rings is 2. The zero-order chi connectivity index (χ0) is 19.0. The number of aryl methyl sites for hydroxylation is 1. The first-order chi connectivity index (χ1) is 13.0. The summed E-state index contributed by atoms with van der Waals surface area (Å²) in [5.41, 5.74) is 13.4. The lowest BCUT2D eigenvalue weighted by Gasteiger charge is -2.22. The van der Waals surface area contributed by atoms with Gasteiger partial charge in [-0.2, -0.15) is 0 Å². The van der Waals surface area contributed by atoms with E-state index in [2.05, 4.69) is 52.7 Å². The number of nitrogens with zero attached hydrogens (tertiary/aromatic N) is 3. The third kappa shape index (κ3) is 3.36. The molecule has 0 spiro atoms. The Bertz CT molecular complexity index is 1010. The minimum Gasteiger partial charge on any atom is -0.378 e. The van der Waals surface area contributed by atoms with Crippen LogP contribution < -0.4 is 16.0 Å². The van der Waals surface area contributed by atoms with E-state index in [9.17, 15) is 0 Å². The molecule has 5 nitrogen and oxygen atoms in total. The molecule has 3 N–H and O–H groups in total. The molecule has 1 heterocycles. The molecule has 1 aromatic heterocycles. The molecule has 27 heavy (non-hydrogen) atoms. The van der Waals surface area contributed by atoms with Crippen molar-refractivity contribution in [3.63, 3.8) is 0 Å². The van der Waals surface area contributed by atoms with Gasteiger partial charge in [0.25, 0.3) is 0 Å². The lowest BCUT2D eigenvalue weighted by atomic mass is 9.87. The van der Waals surface area contributed by atoms with Gasteiger partial charge in [0.1, 0.15) is 0 Å². The van der Waals surface area contributed by atoms with Gasteiger partial charge in [0.05, 0.1) is 11.4 Å². The summed E-state index contributed by atoms with van der Waals surface area (Å²) in [4.78, 5) is 11.5. The smallest absolute Gasteiger partial charge is 0.230 e. The van der Waals surface area contributed by atoms with E-state index in [1.165, 1.54) is 11.1 Å². The second-order valence-electron chi connectivity index (χ2n) is 6.81. The van der Waals surface area contributed by atoms with E-state index in [-0.39, 0.29) is 5.11 Å². The molecule has 0 saturated carbocycles. The van der Waals surface area contributed by atoms with Crippen LogP contribution in [0.2, 0.25) is 0 Å². The van der Waals surface area contributed by atoms with Gasteiger partial charge in [-0.15, -0.1) is 0 Å². The van der Waals surface area contributed by atoms with Gasteiger partial charge in [0.2, 0.25) is 5.95 Å². The maximum atomic E-state index is 5.67. The van der Waals surface area contributed by atoms with Gasteiger partial charge in [-0.1, -0.05) is 36.4 Å². The van der Waals surface area contributed by atoms with Crippen molar-refractivity contribution < 1.29 is 0 Å². The highest BCUT2D eigenvalue weighted by Gasteiger charge is 2.23. The molecule has 0 radical (unpaired) electrons. The highest BCUT2D eigenvalue weighted by molar-refractivity contribution is 7.80. The minimum absolute atomic E-state index is 0.160. The lowest BCUT2D eigenvalue weighted by molar-refractivity contribution is 0.916. The molecule has 0 aliphatic heterocycles. The lowest BCUT2D eigenvalue weighted by Crippen LogP contribution is -2.22. The molecule has 136 valence electrons. The summed E-state index contributed by atoms with van der Waals surface area (Å²) < 4.78 is 0. The molecule has 1 aliphatic rings. The molecule has 6 heteroatoms. The van der Waals surface area contributed by atoms with Crippen molar-refractivity contribution >= 4 is 29.0 Å². The van der Waals surface area contributed by atoms with Crippen LogP contribution in [-0.4, -0.2) is 29.2 Å². The van der Waals surface area contributed by atoms with Gasteiger partial charge in [0, 0.05) is 36.5 Å². The number of hydrogen-bond donors (Lipinski definition) is 2. The highest BCUT2D eigenvalue weighted by atomic mass is 32.1. The average Bonchev–Trinajstić information content (AvgIpc) is 2.67. The van der Waals surface area contributed by atoms with E-state index in [1.54, 1.807) is 0 Å². The van der Waals surface area contributed by atoms with Crippen LogP contribution in [0.4, 0.5) is 11.6 Å². The van der Waals surface area contributed by atoms with E-state index in [0.717, 1.165) is 41.0 Å². The fourth-order valence-corrected chi connectivity index (χ4v) is 3.59. The van der Waals surface area contributed by atoms with Crippen LogP contribution in [0.15, 0.2) is 48.5 Å². The molecular formula is C21H21N5S. The minimum atomic E-state index is 0.160. The van der Waals surface area contributed by atoms with Crippen LogP contribution in [0, 0.1) is 0 Å². The fraction of sp³-hybridized carbons (Fsp3) is 0.190. The molecule has 4 rings (SSSR count). The second-order valence-corrected chi connectivity index (χ2v) is 7.25. The Morgan fingerprint density at radius 1 is 1.00 bits per heavy atom. The third-order valence-corrected chi connectivity index (χ3v) is 4.92. The molecule has 3 aromatic rings. The summed E-state index contributed by atoms with van der Waals surface area (Å²) in [5.74, 6) is 0.435. The Morgan fingerprint density at radius 3 is 2.41 bits per heavy atom. The van der Waals surface area contributed by atoms with Gasteiger partial charge < -0.3 is 16.0 Å². The number of nitrogens with two attached hydrogens (primary N) is 1. The first-order valence-electron chi connectivity index (χ1n) is 8.86. The van der Waals surface area contributed by atoms with E-state index in [1.807, 2.05) is 20.2 Å². The summed E-state index contributed by atoms with van der Waals surface area (Å²) >= 11 is 5.00. The number of anilines is 2. The Balaban J connectivity index is 1.90. The highest BCUT2D eigenvalue weighted by Crippen LogP contribution is 2.37. The van der Waals surface area contributed by atoms with Crippen molar-refractivity contribution in [1.29, 1.82) is 0 Å². The van der Waals surface area contributed by atoms with Crippen LogP contribution >= 0.6 is 12.2 Å². The average molecular weight is 376 g/mol. The van der Waals surface area contributed by atoms with Crippen molar-refractivity contribution in [1.82, 2.24) is 9.97 Å². The third-order valence-electron chi connectivity index (χ3n) is 4.82. The van der Waals surface area contributed by atoms with E-state index in [0.29, 0.717) is 5.95 Å². The van der Waals surface area contributed by atoms with E-state index < -0.39 is 0 Å². The predicted molar refractivity (Wildman–Crippen MR) is 115 cm³/mol. The van der Waals surface area contributed by atoms with Crippen molar-refractivity contribution in [3.05, 3.63) is 59.7 Å². The normalized spacial score (nSPS) is 12.1. The molecule has 2 aromatic carbocycles. The Kier molecular flexibility index (Phi) is 4.49. The van der Waals surface area contributed by atoms with Crippen molar-refractivity contribution in [3.8, 4) is 22.5 Å².